The summed E-state index contributed by atoms with van der Waals surface area (Å²) in [7, 11) is 0. The van der Waals surface area contributed by atoms with Gasteiger partial charge in [-0.05, 0) is 48.8 Å². The van der Waals surface area contributed by atoms with Crippen LogP contribution in [0.2, 0.25) is 0 Å². The third-order valence-electron chi connectivity index (χ3n) is 3.44. The molecule has 110 valence electrons. The van der Waals surface area contributed by atoms with Crippen molar-refractivity contribution in [2.75, 3.05) is 6.54 Å². The summed E-state index contributed by atoms with van der Waals surface area (Å²) in [4.78, 5) is 0. The number of aryl methyl sites for hydroxylation is 2. The van der Waals surface area contributed by atoms with E-state index in [1.54, 1.807) is 6.26 Å². The monoisotopic (exact) mass is 339 g/mol. The van der Waals surface area contributed by atoms with Crippen molar-refractivity contribution in [1.29, 1.82) is 0 Å². The van der Waals surface area contributed by atoms with Crippen molar-refractivity contribution < 1.29 is 4.42 Å². The van der Waals surface area contributed by atoms with E-state index in [2.05, 4.69) is 44.9 Å². The largest absolute Gasteiger partial charge is 0.472 e. The maximum atomic E-state index is 5.23. The van der Waals surface area contributed by atoms with Crippen LogP contribution < -0.4 is 5.32 Å². The number of aromatic nitrogens is 2. The number of nitrogens with one attached hydrogen (secondary N) is 1. The fourth-order valence-electron chi connectivity index (χ4n) is 2.36. The highest BCUT2D eigenvalue weighted by molar-refractivity contribution is 9.10. The molecule has 2 heterocycles. The highest BCUT2D eigenvalue weighted by atomic mass is 79.9. The number of hydrogen-bond donors (Lipinski definition) is 1. The molecule has 2 aromatic heterocycles. The van der Waals surface area contributed by atoms with E-state index in [0.717, 1.165) is 36.1 Å². The van der Waals surface area contributed by atoms with Crippen molar-refractivity contribution in [1.82, 2.24) is 15.1 Å². The second-order valence-corrected chi connectivity index (χ2v) is 5.72. The zero-order chi connectivity index (χ0) is 14.5. The Labute approximate surface area is 128 Å². The first-order valence-electron chi connectivity index (χ1n) is 7.14. The molecule has 0 aliphatic carbocycles. The van der Waals surface area contributed by atoms with Crippen LogP contribution in [0.4, 0.5) is 0 Å². The maximum absolute atomic E-state index is 5.23. The van der Waals surface area contributed by atoms with Crippen molar-refractivity contribution >= 4 is 15.9 Å². The number of furan rings is 1. The molecule has 0 fully saturated rings. The number of nitrogens with zero attached hydrogens (tertiary/aromatic N) is 2. The van der Waals surface area contributed by atoms with E-state index >= 15 is 0 Å². The summed E-state index contributed by atoms with van der Waals surface area (Å²) in [5.41, 5.74) is 3.47. The first-order valence-corrected chi connectivity index (χ1v) is 7.93. The van der Waals surface area contributed by atoms with Gasteiger partial charge in [0.05, 0.1) is 28.4 Å². The third-order valence-corrected chi connectivity index (χ3v) is 4.47. The van der Waals surface area contributed by atoms with E-state index in [0.29, 0.717) is 0 Å². The van der Waals surface area contributed by atoms with Gasteiger partial charge in [-0.25, -0.2) is 0 Å². The molecule has 1 atom stereocenters. The quantitative estimate of drug-likeness (QED) is 0.833. The molecule has 1 unspecified atom stereocenters. The predicted octanol–water partition coefficient (Wildman–Crippen LogP) is 3.85. The zero-order valence-corrected chi connectivity index (χ0v) is 13.9. The lowest BCUT2D eigenvalue weighted by atomic mass is 10.0. The highest BCUT2D eigenvalue weighted by Crippen LogP contribution is 2.26. The van der Waals surface area contributed by atoms with Crippen LogP contribution in [0.1, 0.15) is 43.3 Å². The zero-order valence-electron chi connectivity index (χ0n) is 12.3. The van der Waals surface area contributed by atoms with Gasteiger partial charge in [-0.1, -0.05) is 6.92 Å². The first kappa shape index (κ1) is 15.3. The SMILES string of the molecule is CCCNC(Cc1c(Br)c(C)nn1CC)c1ccoc1. The predicted molar refractivity (Wildman–Crippen MR) is 83.8 cm³/mol. The minimum Gasteiger partial charge on any atom is -0.472 e. The van der Waals surface area contributed by atoms with E-state index in [4.69, 9.17) is 4.42 Å². The van der Waals surface area contributed by atoms with Gasteiger partial charge < -0.3 is 9.73 Å². The molecule has 1 N–H and O–H groups in total. The number of halogens is 1. The van der Waals surface area contributed by atoms with Gasteiger partial charge in [0.25, 0.3) is 0 Å². The smallest absolute Gasteiger partial charge is 0.0950 e. The van der Waals surface area contributed by atoms with Crippen LogP contribution in [0.3, 0.4) is 0 Å². The molecule has 0 saturated heterocycles. The Kier molecular flexibility index (Phi) is 5.43. The van der Waals surface area contributed by atoms with E-state index in [-0.39, 0.29) is 6.04 Å². The van der Waals surface area contributed by atoms with Gasteiger partial charge in [0, 0.05) is 24.6 Å². The van der Waals surface area contributed by atoms with E-state index in [1.165, 1.54) is 11.3 Å². The molecule has 2 rings (SSSR count). The fourth-order valence-corrected chi connectivity index (χ4v) is 2.80. The summed E-state index contributed by atoms with van der Waals surface area (Å²) < 4.78 is 8.42. The topological polar surface area (TPSA) is 43.0 Å². The molecule has 0 aliphatic heterocycles. The molecule has 0 aliphatic rings. The maximum Gasteiger partial charge on any atom is 0.0950 e. The summed E-state index contributed by atoms with van der Waals surface area (Å²) in [6.45, 7) is 8.21. The van der Waals surface area contributed by atoms with E-state index in [9.17, 15) is 0 Å². The van der Waals surface area contributed by atoms with Crippen LogP contribution in [0.15, 0.2) is 27.5 Å². The summed E-state index contributed by atoms with van der Waals surface area (Å²) >= 11 is 3.67. The average molecular weight is 340 g/mol. The molecular formula is C15H22BrN3O. The van der Waals surface area contributed by atoms with Gasteiger partial charge in [-0.15, -0.1) is 0 Å². The molecule has 4 nitrogen and oxygen atoms in total. The molecule has 0 radical (unpaired) electrons. The molecule has 0 amide bonds. The molecule has 20 heavy (non-hydrogen) atoms. The highest BCUT2D eigenvalue weighted by Gasteiger charge is 2.19. The van der Waals surface area contributed by atoms with Crippen LogP contribution >= 0.6 is 15.9 Å². The summed E-state index contributed by atoms with van der Waals surface area (Å²) in [5, 5.41) is 8.15. The third kappa shape index (κ3) is 3.33. The fraction of sp³-hybridized carbons (Fsp3) is 0.533. The minimum absolute atomic E-state index is 0.256. The number of hydrogen-bond acceptors (Lipinski definition) is 3. The van der Waals surface area contributed by atoms with Crippen molar-refractivity contribution in [2.24, 2.45) is 0 Å². The molecule has 0 saturated carbocycles. The van der Waals surface area contributed by atoms with Gasteiger partial charge in [0.2, 0.25) is 0 Å². The van der Waals surface area contributed by atoms with Crippen molar-refractivity contribution in [3.63, 3.8) is 0 Å². The minimum atomic E-state index is 0.256. The Morgan fingerprint density at radius 2 is 2.25 bits per heavy atom. The van der Waals surface area contributed by atoms with Crippen molar-refractivity contribution in [3.05, 3.63) is 40.0 Å². The van der Waals surface area contributed by atoms with Crippen LogP contribution in [0.5, 0.6) is 0 Å². The first-order chi connectivity index (χ1) is 9.67. The van der Waals surface area contributed by atoms with Gasteiger partial charge in [0.1, 0.15) is 0 Å². The van der Waals surface area contributed by atoms with Crippen LogP contribution in [0.25, 0.3) is 0 Å². The van der Waals surface area contributed by atoms with Gasteiger partial charge in [-0.3, -0.25) is 4.68 Å². The summed E-state index contributed by atoms with van der Waals surface area (Å²) in [6, 6.07) is 2.28. The van der Waals surface area contributed by atoms with Crippen LogP contribution in [-0.2, 0) is 13.0 Å². The Morgan fingerprint density at radius 3 is 2.85 bits per heavy atom. The Balaban J connectivity index is 2.23. The lowest BCUT2D eigenvalue weighted by molar-refractivity contribution is 0.492. The Hall–Kier alpha value is -1.07. The number of rotatable bonds is 7. The second kappa shape index (κ2) is 7.09. The Bertz CT molecular complexity index is 534. The van der Waals surface area contributed by atoms with Crippen molar-refractivity contribution in [2.45, 2.75) is 46.2 Å². The van der Waals surface area contributed by atoms with E-state index in [1.807, 2.05) is 19.3 Å². The summed E-state index contributed by atoms with van der Waals surface area (Å²) in [6.07, 6.45) is 5.56. The van der Waals surface area contributed by atoms with Crippen molar-refractivity contribution in [3.8, 4) is 0 Å². The molecule has 0 spiro atoms. The normalized spacial score (nSPS) is 12.8. The summed E-state index contributed by atoms with van der Waals surface area (Å²) in [5.74, 6) is 0. The lowest BCUT2D eigenvalue weighted by Gasteiger charge is -2.18. The van der Waals surface area contributed by atoms with E-state index < -0.39 is 0 Å². The molecule has 5 heteroatoms. The Morgan fingerprint density at radius 1 is 1.45 bits per heavy atom. The average Bonchev–Trinajstić information content (AvgIpc) is 3.06. The van der Waals surface area contributed by atoms with Gasteiger partial charge in [-0.2, -0.15) is 5.10 Å². The molecule has 0 aromatic carbocycles. The molecular weight excluding hydrogens is 318 g/mol. The van der Waals surface area contributed by atoms with Crippen LogP contribution in [0, 0.1) is 6.92 Å². The van der Waals surface area contributed by atoms with Gasteiger partial charge >= 0.3 is 0 Å². The second-order valence-electron chi connectivity index (χ2n) is 4.93. The molecule has 2 aromatic rings. The van der Waals surface area contributed by atoms with Crippen LogP contribution in [-0.4, -0.2) is 16.3 Å². The standard InChI is InChI=1S/C15H22BrN3O/c1-4-7-17-13(12-6-8-20-10-12)9-14-15(16)11(3)18-19(14)5-2/h6,8,10,13,17H,4-5,7,9H2,1-3H3. The lowest BCUT2D eigenvalue weighted by Crippen LogP contribution is -2.25. The molecule has 0 bridgehead atoms. The van der Waals surface area contributed by atoms with Gasteiger partial charge in [0.15, 0.2) is 0 Å².